The summed E-state index contributed by atoms with van der Waals surface area (Å²) >= 11 is 1.53. The Bertz CT molecular complexity index is 879. The van der Waals surface area contributed by atoms with Crippen LogP contribution in [0.3, 0.4) is 0 Å². The molecule has 2 aromatic heterocycles. The number of hydrogen-bond donors (Lipinski definition) is 1. The first-order valence-corrected chi connectivity index (χ1v) is 8.06. The van der Waals surface area contributed by atoms with Crippen LogP contribution in [-0.2, 0) is 11.3 Å². The number of carboxylic acid groups (broad SMARTS) is 1. The topological polar surface area (TPSA) is 57.8 Å². The number of imidazole rings is 1. The second kappa shape index (κ2) is 6.26. The minimum Gasteiger partial charge on any atom is -0.478 e. The molecule has 0 amide bonds. The number of aromatic nitrogens is 2. The third-order valence-corrected chi connectivity index (χ3v) is 4.45. The fourth-order valence-electron chi connectivity index (χ4n) is 2.50. The summed E-state index contributed by atoms with van der Waals surface area (Å²) in [6.45, 7) is 2.80. The molecule has 23 heavy (non-hydrogen) atoms. The van der Waals surface area contributed by atoms with Crippen LogP contribution in [0.1, 0.15) is 16.8 Å². The van der Waals surface area contributed by atoms with Gasteiger partial charge in [0.2, 0.25) is 0 Å². The summed E-state index contributed by atoms with van der Waals surface area (Å²) in [6, 6.07) is 8.22. The van der Waals surface area contributed by atoms with E-state index in [4.69, 9.17) is 5.11 Å². The predicted octanol–water partition coefficient (Wildman–Crippen LogP) is 3.44. The lowest BCUT2D eigenvalue weighted by Crippen LogP contribution is -2.18. The molecule has 1 aromatic carbocycles. The summed E-state index contributed by atoms with van der Waals surface area (Å²) in [7, 11) is 1.97. The number of rotatable bonds is 5. The quantitative estimate of drug-likeness (QED) is 0.729. The first kappa shape index (κ1) is 15.3. The van der Waals surface area contributed by atoms with Crippen molar-refractivity contribution in [3.8, 4) is 0 Å². The van der Waals surface area contributed by atoms with Crippen LogP contribution < -0.4 is 4.90 Å². The molecule has 3 aromatic rings. The molecule has 3 rings (SSSR count). The minimum absolute atomic E-state index is 0.714. The second-order valence-corrected chi connectivity index (χ2v) is 6.20. The average Bonchev–Trinajstić information content (AvgIpc) is 3.08. The monoisotopic (exact) mass is 327 g/mol. The highest BCUT2D eigenvalue weighted by molar-refractivity contribution is 7.15. The Morgan fingerprint density at radius 1 is 1.43 bits per heavy atom. The van der Waals surface area contributed by atoms with Crippen molar-refractivity contribution >= 4 is 34.2 Å². The number of fused-ring (bicyclic) bond motifs is 1. The minimum atomic E-state index is -0.970. The normalized spacial score (nSPS) is 11.4. The second-order valence-electron chi connectivity index (χ2n) is 5.33. The van der Waals surface area contributed by atoms with Gasteiger partial charge in [-0.25, -0.2) is 9.78 Å². The maximum atomic E-state index is 10.9. The smallest absolute Gasteiger partial charge is 0.328 e. The van der Waals surface area contributed by atoms with E-state index < -0.39 is 5.97 Å². The molecule has 0 aliphatic carbocycles. The van der Waals surface area contributed by atoms with E-state index in [-0.39, 0.29) is 0 Å². The zero-order valence-corrected chi connectivity index (χ0v) is 13.7. The lowest BCUT2D eigenvalue weighted by Gasteiger charge is -2.19. The largest absolute Gasteiger partial charge is 0.478 e. The molecule has 0 aliphatic heterocycles. The van der Waals surface area contributed by atoms with Crippen LogP contribution in [0.5, 0.6) is 0 Å². The summed E-state index contributed by atoms with van der Waals surface area (Å²) in [5, 5.41) is 10.8. The van der Waals surface area contributed by atoms with Crippen LogP contribution in [0, 0.1) is 6.92 Å². The van der Waals surface area contributed by atoms with Crippen molar-refractivity contribution in [2.24, 2.45) is 0 Å². The number of carbonyl (C=O) groups is 1. The highest BCUT2D eigenvalue weighted by atomic mass is 32.1. The molecule has 0 radical (unpaired) electrons. The fourth-order valence-corrected chi connectivity index (χ4v) is 3.21. The van der Waals surface area contributed by atoms with E-state index in [0.29, 0.717) is 6.54 Å². The lowest BCUT2D eigenvalue weighted by molar-refractivity contribution is -0.131. The van der Waals surface area contributed by atoms with E-state index >= 15 is 0 Å². The maximum absolute atomic E-state index is 10.9. The molecule has 6 heteroatoms. The number of nitrogens with zero attached hydrogens (tertiary/aromatic N) is 3. The lowest BCUT2D eigenvalue weighted by atomic mass is 10.1. The molecule has 2 heterocycles. The number of hydrogen-bond acceptors (Lipinski definition) is 4. The van der Waals surface area contributed by atoms with Crippen molar-refractivity contribution in [1.82, 2.24) is 9.38 Å². The van der Waals surface area contributed by atoms with Crippen LogP contribution >= 0.6 is 11.3 Å². The van der Waals surface area contributed by atoms with E-state index in [1.54, 1.807) is 6.08 Å². The van der Waals surface area contributed by atoms with E-state index in [2.05, 4.69) is 24.0 Å². The molecule has 0 unspecified atom stereocenters. The van der Waals surface area contributed by atoms with Gasteiger partial charge < -0.3 is 10.0 Å². The van der Waals surface area contributed by atoms with E-state index in [1.807, 2.05) is 40.1 Å². The highest BCUT2D eigenvalue weighted by Crippen LogP contribution is 2.26. The van der Waals surface area contributed by atoms with Gasteiger partial charge in [0, 0.05) is 31.2 Å². The fraction of sp³-hybridized carbons (Fsp3) is 0.176. The first-order chi connectivity index (χ1) is 11.1. The molecule has 0 bridgehead atoms. The number of benzene rings is 1. The van der Waals surface area contributed by atoms with Crippen molar-refractivity contribution in [3.63, 3.8) is 0 Å². The number of anilines is 1. The highest BCUT2D eigenvalue weighted by Gasteiger charge is 2.15. The van der Waals surface area contributed by atoms with Gasteiger partial charge in [-0.3, -0.25) is 4.40 Å². The van der Waals surface area contributed by atoms with Crippen LogP contribution in [0.2, 0.25) is 0 Å². The summed E-state index contributed by atoms with van der Waals surface area (Å²) in [6.07, 6.45) is 4.64. The molecule has 118 valence electrons. The summed E-state index contributed by atoms with van der Waals surface area (Å²) in [5.41, 5.74) is 3.22. The Morgan fingerprint density at radius 2 is 2.22 bits per heavy atom. The molecule has 0 spiro atoms. The molecule has 0 saturated heterocycles. The maximum Gasteiger partial charge on any atom is 0.328 e. The SMILES string of the molecule is Cc1ccccc1CN(C)c1nc2sccn2c1/C=C/C(=O)O. The molecule has 0 saturated carbocycles. The van der Waals surface area contributed by atoms with Crippen molar-refractivity contribution in [3.05, 3.63) is 58.7 Å². The van der Waals surface area contributed by atoms with E-state index in [0.717, 1.165) is 22.5 Å². The van der Waals surface area contributed by atoms with Crippen molar-refractivity contribution in [2.75, 3.05) is 11.9 Å². The van der Waals surface area contributed by atoms with Crippen molar-refractivity contribution in [2.45, 2.75) is 13.5 Å². The summed E-state index contributed by atoms with van der Waals surface area (Å²) in [5.74, 6) is -0.194. The molecule has 5 nitrogen and oxygen atoms in total. The Labute approximate surface area is 138 Å². The van der Waals surface area contributed by atoms with Crippen molar-refractivity contribution < 1.29 is 9.90 Å². The zero-order valence-electron chi connectivity index (χ0n) is 12.9. The van der Waals surface area contributed by atoms with Gasteiger partial charge in [0.05, 0.1) is 5.69 Å². The van der Waals surface area contributed by atoms with Gasteiger partial charge in [-0.1, -0.05) is 24.3 Å². The molecular weight excluding hydrogens is 310 g/mol. The van der Waals surface area contributed by atoms with Gasteiger partial charge >= 0.3 is 5.97 Å². The molecule has 0 atom stereocenters. The Balaban J connectivity index is 1.98. The first-order valence-electron chi connectivity index (χ1n) is 7.18. The molecule has 1 N–H and O–H groups in total. The van der Waals surface area contributed by atoms with Gasteiger partial charge in [0.25, 0.3) is 0 Å². The standard InChI is InChI=1S/C17H17N3O2S/c1-12-5-3-4-6-13(12)11-19(2)16-14(7-8-15(21)22)20-9-10-23-17(20)18-16/h3-10H,11H2,1-2H3,(H,21,22)/b8-7+. The Morgan fingerprint density at radius 3 is 2.96 bits per heavy atom. The van der Waals surface area contributed by atoms with Crippen LogP contribution in [0.4, 0.5) is 5.82 Å². The number of carboxylic acids is 1. The predicted molar refractivity (Wildman–Crippen MR) is 93.0 cm³/mol. The summed E-state index contributed by atoms with van der Waals surface area (Å²) in [4.78, 5) is 18.4. The number of aryl methyl sites for hydroxylation is 1. The van der Waals surface area contributed by atoms with E-state index in [1.165, 1.54) is 22.5 Å². The summed E-state index contributed by atoms with van der Waals surface area (Å²) < 4.78 is 1.91. The van der Waals surface area contributed by atoms with Gasteiger partial charge in [0.1, 0.15) is 0 Å². The third kappa shape index (κ3) is 3.12. The van der Waals surface area contributed by atoms with Gasteiger partial charge in [0.15, 0.2) is 10.8 Å². The van der Waals surface area contributed by atoms with Crippen LogP contribution in [0.25, 0.3) is 11.0 Å². The number of aliphatic carboxylic acids is 1. The van der Waals surface area contributed by atoms with Crippen LogP contribution in [0.15, 0.2) is 41.9 Å². The third-order valence-electron chi connectivity index (χ3n) is 3.69. The average molecular weight is 327 g/mol. The molecule has 0 fully saturated rings. The Hall–Kier alpha value is -2.60. The molecule has 0 aliphatic rings. The molecular formula is C17H17N3O2S. The number of thiazole rings is 1. The van der Waals surface area contributed by atoms with Crippen molar-refractivity contribution in [1.29, 1.82) is 0 Å². The van der Waals surface area contributed by atoms with Gasteiger partial charge in [-0.15, -0.1) is 11.3 Å². The van der Waals surface area contributed by atoms with E-state index in [9.17, 15) is 4.79 Å². The zero-order chi connectivity index (χ0) is 16.4. The van der Waals surface area contributed by atoms with Crippen LogP contribution in [-0.4, -0.2) is 27.5 Å². The van der Waals surface area contributed by atoms with Gasteiger partial charge in [-0.2, -0.15) is 0 Å². The Kier molecular flexibility index (Phi) is 4.16. The van der Waals surface area contributed by atoms with Gasteiger partial charge in [-0.05, 0) is 24.1 Å².